The quantitative estimate of drug-likeness (QED) is 0.408. The van der Waals surface area contributed by atoms with Gasteiger partial charge in [-0.1, -0.05) is 0 Å². The zero-order valence-electron chi connectivity index (χ0n) is 20.3. The molecule has 1 aliphatic heterocycles. The van der Waals surface area contributed by atoms with Gasteiger partial charge in [0, 0.05) is 12.6 Å². The van der Waals surface area contributed by atoms with Crippen molar-refractivity contribution in [3.05, 3.63) is 41.5 Å². The van der Waals surface area contributed by atoms with Crippen LogP contribution in [0.2, 0.25) is 0 Å². The van der Waals surface area contributed by atoms with Gasteiger partial charge >= 0.3 is 0 Å². The summed E-state index contributed by atoms with van der Waals surface area (Å²) in [6, 6.07) is 10.6. The predicted molar refractivity (Wildman–Crippen MR) is 135 cm³/mol. The molecule has 0 aliphatic carbocycles. The maximum atomic E-state index is 12.5. The Balaban J connectivity index is 1.78. The van der Waals surface area contributed by atoms with E-state index in [1.165, 1.54) is 0 Å². The number of ether oxygens (including phenoxy) is 2. The first-order chi connectivity index (χ1) is 16.9. The van der Waals surface area contributed by atoms with Crippen LogP contribution in [0.25, 0.3) is 11.1 Å². The topological polar surface area (TPSA) is 126 Å². The van der Waals surface area contributed by atoms with Gasteiger partial charge in [0.15, 0.2) is 17.1 Å². The molecular formula is C25H31N4O5S. The molecule has 3 N–H and O–H groups in total. The molecule has 1 radical (unpaired) electrons. The van der Waals surface area contributed by atoms with Gasteiger partial charge < -0.3 is 34.4 Å². The van der Waals surface area contributed by atoms with Crippen molar-refractivity contribution < 1.29 is 23.2 Å². The number of rotatable bonds is 10. The van der Waals surface area contributed by atoms with Crippen LogP contribution in [0.3, 0.4) is 0 Å². The fraction of sp³-hybridized carbons (Fsp3) is 0.440. The van der Waals surface area contributed by atoms with Crippen LogP contribution >= 0.6 is 0 Å². The normalized spacial score (nSPS) is 15.2. The smallest absolute Gasteiger partial charge is 0.298 e. The van der Waals surface area contributed by atoms with Crippen LogP contribution in [0.4, 0.5) is 6.01 Å². The molecule has 1 unspecified atom stereocenters. The largest absolute Gasteiger partial charge is 0.611 e. The van der Waals surface area contributed by atoms with E-state index in [1.54, 1.807) is 18.4 Å². The Morgan fingerprint density at radius 3 is 2.51 bits per heavy atom. The minimum absolute atomic E-state index is 0.163. The molecule has 35 heavy (non-hydrogen) atoms. The van der Waals surface area contributed by atoms with Crippen molar-refractivity contribution in [3.63, 3.8) is 0 Å². The van der Waals surface area contributed by atoms with Gasteiger partial charge in [-0.15, -0.1) is 0 Å². The SMILES string of the molecule is CCOc1cc(CN(c2nc3c(C(N)=O)[c]ccc3o2)C2CCNCC2)cc(OCC)c1[S+](C)[O-]. The first-order valence-corrected chi connectivity index (χ1v) is 13.3. The number of benzene rings is 2. The highest BCUT2D eigenvalue weighted by Crippen LogP contribution is 2.37. The molecule has 10 heteroatoms. The van der Waals surface area contributed by atoms with Gasteiger partial charge in [0.2, 0.25) is 4.90 Å². The number of fused-ring (bicyclic) bond motifs is 1. The summed E-state index contributed by atoms with van der Waals surface area (Å²) in [7, 11) is 0. The second kappa shape index (κ2) is 11.2. The van der Waals surface area contributed by atoms with E-state index in [1.807, 2.05) is 26.0 Å². The summed E-state index contributed by atoms with van der Waals surface area (Å²) < 4.78 is 30.3. The molecule has 2 aromatic carbocycles. The van der Waals surface area contributed by atoms with E-state index in [2.05, 4.69) is 21.3 Å². The third kappa shape index (κ3) is 5.50. The number of nitrogens with zero attached hydrogens (tertiary/aromatic N) is 2. The molecule has 1 aromatic heterocycles. The number of oxazole rings is 1. The van der Waals surface area contributed by atoms with Crippen LogP contribution in [0.1, 0.15) is 42.6 Å². The fourth-order valence-electron chi connectivity index (χ4n) is 4.39. The number of hydrogen-bond acceptors (Lipinski definition) is 8. The standard InChI is InChI=1S/C25H31N4O5S/c1-4-32-20-13-16(14-21(33-5-2)23(20)35(3)31)15-29(17-9-11-27-12-10-17)25-28-22-18(24(26)30)7-6-8-19(22)34-25/h6,8,13-14,17,27H,4-5,9-12,15H2,1-3H3,(H2,26,30). The zero-order chi connectivity index (χ0) is 24.9. The second-order valence-electron chi connectivity index (χ2n) is 8.28. The fourth-order valence-corrected chi connectivity index (χ4v) is 5.19. The van der Waals surface area contributed by atoms with Crippen molar-refractivity contribution in [1.29, 1.82) is 0 Å². The van der Waals surface area contributed by atoms with E-state index in [4.69, 9.17) is 19.6 Å². The summed E-state index contributed by atoms with van der Waals surface area (Å²) in [6.45, 7) is 6.88. The van der Waals surface area contributed by atoms with Crippen LogP contribution in [0.5, 0.6) is 11.5 Å². The van der Waals surface area contributed by atoms with Crippen LogP contribution < -0.4 is 25.4 Å². The van der Waals surface area contributed by atoms with E-state index < -0.39 is 17.1 Å². The van der Waals surface area contributed by atoms with Crippen LogP contribution in [-0.4, -0.2) is 54.0 Å². The highest BCUT2D eigenvalue weighted by molar-refractivity contribution is 7.91. The number of nitrogens with one attached hydrogen (secondary N) is 1. The van der Waals surface area contributed by atoms with Gasteiger partial charge in [0.1, 0.15) is 11.8 Å². The van der Waals surface area contributed by atoms with Gasteiger partial charge in [0.05, 0.1) is 18.8 Å². The Kier molecular flexibility index (Phi) is 8.04. The number of carbonyl (C=O) groups is 1. The van der Waals surface area contributed by atoms with E-state index in [9.17, 15) is 9.35 Å². The Bertz CT molecular complexity index is 1150. The lowest BCUT2D eigenvalue weighted by Gasteiger charge is -2.33. The van der Waals surface area contributed by atoms with Crippen molar-refractivity contribution in [3.8, 4) is 11.5 Å². The molecule has 1 fully saturated rings. The average Bonchev–Trinajstić information content (AvgIpc) is 3.27. The highest BCUT2D eigenvalue weighted by Gasteiger charge is 2.28. The van der Waals surface area contributed by atoms with Crippen LogP contribution in [0.15, 0.2) is 33.6 Å². The van der Waals surface area contributed by atoms with E-state index in [-0.39, 0.29) is 11.6 Å². The molecule has 187 valence electrons. The lowest BCUT2D eigenvalue weighted by Crippen LogP contribution is -2.43. The molecule has 9 nitrogen and oxygen atoms in total. The number of hydrogen-bond donors (Lipinski definition) is 2. The molecule has 1 atom stereocenters. The van der Waals surface area contributed by atoms with Crippen molar-refractivity contribution in [2.45, 2.75) is 44.2 Å². The van der Waals surface area contributed by atoms with Gasteiger partial charge in [0.25, 0.3) is 11.9 Å². The first-order valence-electron chi connectivity index (χ1n) is 11.8. The number of anilines is 1. The van der Waals surface area contributed by atoms with Gasteiger partial charge in [-0.2, -0.15) is 4.98 Å². The molecule has 0 saturated carbocycles. The van der Waals surface area contributed by atoms with Crippen LogP contribution in [0, 0.1) is 6.07 Å². The van der Waals surface area contributed by atoms with Crippen molar-refractivity contribution >= 4 is 34.2 Å². The van der Waals surface area contributed by atoms with E-state index in [0.29, 0.717) is 53.3 Å². The third-order valence-electron chi connectivity index (χ3n) is 5.90. The monoisotopic (exact) mass is 499 g/mol. The molecular weight excluding hydrogens is 468 g/mol. The van der Waals surface area contributed by atoms with Crippen molar-refractivity contribution in [2.24, 2.45) is 5.73 Å². The first kappa shape index (κ1) is 25.2. The van der Waals surface area contributed by atoms with Gasteiger partial charge in [-0.25, -0.2) is 0 Å². The maximum absolute atomic E-state index is 12.5. The van der Waals surface area contributed by atoms with E-state index >= 15 is 0 Å². The molecule has 0 spiro atoms. The second-order valence-corrected chi connectivity index (χ2v) is 9.59. The number of primary amides is 1. The van der Waals surface area contributed by atoms with Gasteiger partial charge in [-0.3, -0.25) is 4.79 Å². The summed E-state index contributed by atoms with van der Waals surface area (Å²) >= 11 is -1.28. The molecule has 1 saturated heterocycles. The molecule has 1 aliphatic rings. The molecule has 4 rings (SSSR count). The lowest BCUT2D eigenvalue weighted by molar-refractivity contribution is 0.100. The Hall–Kier alpha value is -2.95. The summed E-state index contributed by atoms with van der Waals surface area (Å²) in [6.07, 6.45) is 3.43. The minimum Gasteiger partial charge on any atom is -0.611 e. The molecule has 3 aromatic rings. The number of carbonyl (C=O) groups excluding carboxylic acids is 1. The Morgan fingerprint density at radius 1 is 1.29 bits per heavy atom. The minimum atomic E-state index is -1.28. The zero-order valence-corrected chi connectivity index (χ0v) is 21.1. The molecule has 0 bridgehead atoms. The van der Waals surface area contributed by atoms with Crippen LogP contribution in [-0.2, 0) is 17.7 Å². The van der Waals surface area contributed by atoms with E-state index in [0.717, 1.165) is 31.5 Å². The Morgan fingerprint density at radius 2 is 1.94 bits per heavy atom. The average molecular weight is 500 g/mol. The van der Waals surface area contributed by atoms with Gasteiger partial charge in [-0.05, 0) is 86.8 Å². The number of amides is 1. The third-order valence-corrected chi connectivity index (χ3v) is 6.88. The number of aromatic nitrogens is 1. The summed E-state index contributed by atoms with van der Waals surface area (Å²) in [5, 5.41) is 3.39. The predicted octanol–water partition coefficient (Wildman–Crippen LogP) is 3.02. The molecule has 2 heterocycles. The molecule has 1 amide bonds. The maximum Gasteiger partial charge on any atom is 0.298 e. The van der Waals surface area contributed by atoms with Crippen molar-refractivity contribution in [1.82, 2.24) is 10.3 Å². The number of piperidine rings is 1. The summed E-state index contributed by atoms with van der Waals surface area (Å²) in [5.74, 6) is 0.486. The summed E-state index contributed by atoms with van der Waals surface area (Å²) in [4.78, 5) is 19.2. The number of nitrogens with two attached hydrogens (primary N) is 1. The Labute approximate surface area is 208 Å². The lowest BCUT2D eigenvalue weighted by atomic mass is 10.0. The summed E-state index contributed by atoms with van der Waals surface area (Å²) in [5.41, 5.74) is 7.53. The van der Waals surface area contributed by atoms with Crippen molar-refractivity contribution in [2.75, 3.05) is 37.5 Å². The highest BCUT2D eigenvalue weighted by atomic mass is 32.2.